The van der Waals surface area contributed by atoms with Crippen molar-refractivity contribution >= 4 is 16.8 Å². The van der Waals surface area contributed by atoms with Crippen LogP contribution < -0.4 is 5.32 Å². The summed E-state index contributed by atoms with van der Waals surface area (Å²) >= 11 is 0. The zero-order valence-corrected chi connectivity index (χ0v) is 15.2. The van der Waals surface area contributed by atoms with Crippen molar-refractivity contribution in [2.24, 2.45) is 0 Å². The first kappa shape index (κ1) is 17.9. The van der Waals surface area contributed by atoms with Crippen molar-refractivity contribution in [3.63, 3.8) is 0 Å². The lowest BCUT2D eigenvalue weighted by Gasteiger charge is -2.08. The Bertz CT molecular complexity index is 1160. The Balaban J connectivity index is 1.51. The molecule has 4 aromatic rings. The molecule has 0 saturated heterocycles. The zero-order chi connectivity index (χ0) is 19.7. The summed E-state index contributed by atoms with van der Waals surface area (Å²) in [5, 5.41) is 7.97. The van der Waals surface area contributed by atoms with E-state index in [1.54, 1.807) is 12.4 Å². The third kappa shape index (κ3) is 3.26. The second kappa shape index (κ2) is 7.26. The van der Waals surface area contributed by atoms with E-state index in [1.165, 1.54) is 16.8 Å². The van der Waals surface area contributed by atoms with E-state index < -0.39 is 11.6 Å². The molecule has 0 radical (unpaired) electrons. The first-order chi connectivity index (χ1) is 13.6. The van der Waals surface area contributed by atoms with Crippen LogP contribution in [-0.2, 0) is 13.1 Å². The number of carbonyl (C=O) groups is 1. The smallest absolute Gasteiger partial charge is 0.268 e. The van der Waals surface area contributed by atoms with E-state index in [0.29, 0.717) is 17.8 Å². The van der Waals surface area contributed by atoms with Gasteiger partial charge in [0.2, 0.25) is 0 Å². The second-order valence-electron chi connectivity index (χ2n) is 6.40. The summed E-state index contributed by atoms with van der Waals surface area (Å²) in [5.41, 5.74) is 2.44. The Hall–Kier alpha value is -3.48. The molecule has 0 atom stereocenters. The van der Waals surface area contributed by atoms with Gasteiger partial charge in [0.25, 0.3) is 5.91 Å². The fraction of sp³-hybridized carbons (Fsp3) is 0.143. The molecule has 0 aliphatic heterocycles. The standard InChI is InChI=1S/C21H18F2N4O/c1-2-26-18-6-4-3-5-15(18)9-20(26)21(28)24-11-14-12-25-27(13-14)19-8-7-16(22)10-17(19)23/h3-10,12-13H,2,11H2,1H3,(H,24,28). The maximum atomic E-state index is 13.9. The molecule has 142 valence electrons. The molecule has 0 bridgehead atoms. The molecule has 0 unspecified atom stereocenters. The number of amides is 1. The minimum atomic E-state index is -0.703. The number of hydrogen-bond donors (Lipinski definition) is 1. The Kier molecular flexibility index (Phi) is 4.65. The monoisotopic (exact) mass is 380 g/mol. The van der Waals surface area contributed by atoms with Gasteiger partial charge in [-0.2, -0.15) is 5.10 Å². The van der Waals surface area contributed by atoms with Gasteiger partial charge in [-0.05, 0) is 31.2 Å². The van der Waals surface area contributed by atoms with Crippen molar-refractivity contribution < 1.29 is 13.6 Å². The number of aromatic nitrogens is 3. The van der Waals surface area contributed by atoms with Gasteiger partial charge in [-0.25, -0.2) is 13.5 Å². The number of aryl methyl sites for hydroxylation is 1. The van der Waals surface area contributed by atoms with Crippen LogP contribution >= 0.6 is 0 Å². The molecular formula is C21H18F2N4O. The summed E-state index contributed by atoms with van der Waals surface area (Å²) in [6.45, 7) is 2.91. The van der Waals surface area contributed by atoms with E-state index in [-0.39, 0.29) is 18.1 Å². The Morgan fingerprint density at radius 2 is 1.96 bits per heavy atom. The molecule has 28 heavy (non-hydrogen) atoms. The minimum Gasteiger partial charge on any atom is -0.347 e. The highest BCUT2D eigenvalue weighted by molar-refractivity contribution is 5.98. The Morgan fingerprint density at radius 1 is 1.14 bits per heavy atom. The normalized spacial score (nSPS) is 11.1. The summed E-state index contributed by atoms with van der Waals surface area (Å²) in [4.78, 5) is 12.7. The SMILES string of the molecule is CCn1c(C(=O)NCc2cnn(-c3ccc(F)cc3F)c2)cc2ccccc21. The number of rotatable bonds is 5. The molecule has 1 N–H and O–H groups in total. The predicted octanol–water partition coefficient (Wildman–Crippen LogP) is 4.06. The van der Waals surface area contributed by atoms with Crippen LogP contribution in [0.15, 0.2) is 60.9 Å². The lowest BCUT2D eigenvalue weighted by molar-refractivity contribution is 0.0942. The first-order valence-electron chi connectivity index (χ1n) is 8.92. The first-order valence-corrected chi connectivity index (χ1v) is 8.92. The molecule has 2 heterocycles. The van der Waals surface area contributed by atoms with E-state index in [0.717, 1.165) is 17.0 Å². The predicted molar refractivity (Wildman–Crippen MR) is 102 cm³/mol. The lowest BCUT2D eigenvalue weighted by Crippen LogP contribution is -2.25. The van der Waals surface area contributed by atoms with E-state index in [4.69, 9.17) is 0 Å². The number of halogens is 2. The van der Waals surface area contributed by atoms with E-state index in [1.807, 2.05) is 41.8 Å². The van der Waals surface area contributed by atoms with Gasteiger partial charge in [-0.15, -0.1) is 0 Å². The molecule has 1 amide bonds. The number of fused-ring (bicyclic) bond motifs is 1. The van der Waals surface area contributed by atoms with Gasteiger partial charge in [-0.3, -0.25) is 4.79 Å². The maximum Gasteiger partial charge on any atom is 0.268 e. The summed E-state index contributed by atoms with van der Waals surface area (Å²) in [6.07, 6.45) is 3.14. The number of benzene rings is 2. The average molecular weight is 380 g/mol. The quantitative estimate of drug-likeness (QED) is 0.568. The third-order valence-electron chi connectivity index (χ3n) is 4.61. The number of para-hydroxylation sites is 1. The molecule has 2 aromatic heterocycles. The van der Waals surface area contributed by atoms with Crippen molar-refractivity contribution in [3.05, 3.63) is 83.8 Å². The third-order valence-corrected chi connectivity index (χ3v) is 4.61. The van der Waals surface area contributed by atoms with Crippen LogP contribution in [0.5, 0.6) is 0 Å². The van der Waals surface area contributed by atoms with Gasteiger partial charge in [0, 0.05) is 41.8 Å². The van der Waals surface area contributed by atoms with Gasteiger partial charge < -0.3 is 9.88 Å². The van der Waals surface area contributed by atoms with Crippen molar-refractivity contribution in [1.29, 1.82) is 0 Å². The highest BCUT2D eigenvalue weighted by atomic mass is 19.1. The van der Waals surface area contributed by atoms with Crippen LogP contribution in [0.25, 0.3) is 16.6 Å². The molecule has 4 rings (SSSR count). The molecule has 0 fully saturated rings. The van der Waals surface area contributed by atoms with E-state index in [2.05, 4.69) is 10.4 Å². The highest BCUT2D eigenvalue weighted by Gasteiger charge is 2.15. The fourth-order valence-corrected chi connectivity index (χ4v) is 3.26. The van der Waals surface area contributed by atoms with Crippen molar-refractivity contribution in [2.45, 2.75) is 20.0 Å². The lowest BCUT2D eigenvalue weighted by atomic mass is 10.2. The van der Waals surface area contributed by atoms with Crippen LogP contribution in [0.3, 0.4) is 0 Å². The number of carbonyl (C=O) groups excluding carboxylic acids is 1. The van der Waals surface area contributed by atoms with Gasteiger partial charge in [-0.1, -0.05) is 18.2 Å². The van der Waals surface area contributed by atoms with Crippen LogP contribution in [0.4, 0.5) is 8.78 Å². The summed E-state index contributed by atoms with van der Waals surface area (Å²) in [7, 11) is 0. The van der Waals surface area contributed by atoms with Crippen LogP contribution in [-0.4, -0.2) is 20.3 Å². The molecule has 0 aliphatic carbocycles. The summed E-state index contributed by atoms with van der Waals surface area (Å²) < 4.78 is 30.2. The highest BCUT2D eigenvalue weighted by Crippen LogP contribution is 2.20. The van der Waals surface area contributed by atoms with Crippen LogP contribution in [0.1, 0.15) is 23.0 Å². The minimum absolute atomic E-state index is 0.144. The largest absolute Gasteiger partial charge is 0.347 e. The summed E-state index contributed by atoms with van der Waals surface area (Å²) in [5.74, 6) is -1.54. The topological polar surface area (TPSA) is 51.9 Å². The van der Waals surface area contributed by atoms with Gasteiger partial charge in [0.1, 0.15) is 17.2 Å². The number of nitrogens with one attached hydrogen (secondary N) is 1. The van der Waals surface area contributed by atoms with Crippen molar-refractivity contribution in [3.8, 4) is 5.69 Å². The molecule has 2 aromatic carbocycles. The van der Waals surface area contributed by atoms with Gasteiger partial charge in [0.05, 0.1) is 6.20 Å². The zero-order valence-electron chi connectivity index (χ0n) is 15.2. The van der Waals surface area contributed by atoms with Crippen LogP contribution in [0.2, 0.25) is 0 Å². The van der Waals surface area contributed by atoms with E-state index >= 15 is 0 Å². The summed E-state index contributed by atoms with van der Waals surface area (Å²) in [6, 6.07) is 13.0. The molecule has 0 aliphatic rings. The fourth-order valence-electron chi connectivity index (χ4n) is 3.26. The Morgan fingerprint density at radius 3 is 2.75 bits per heavy atom. The van der Waals surface area contributed by atoms with E-state index in [9.17, 15) is 13.6 Å². The number of nitrogens with zero attached hydrogens (tertiary/aromatic N) is 3. The molecule has 5 nitrogen and oxygen atoms in total. The van der Waals surface area contributed by atoms with Gasteiger partial charge >= 0.3 is 0 Å². The van der Waals surface area contributed by atoms with Crippen LogP contribution in [0, 0.1) is 11.6 Å². The molecular weight excluding hydrogens is 362 g/mol. The maximum absolute atomic E-state index is 13.9. The Labute approximate surface area is 160 Å². The van der Waals surface area contributed by atoms with Gasteiger partial charge in [0.15, 0.2) is 5.82 Å². The second-order valence-corrected chi connectivity index (χ2v) is 6.40. The molecule has 7 heteroatoms. The number of hydrogen-bond acceptors (Lipinski definition) is 2. The van der Waals surface area contributed by atoms with Crippen molar-refractivity contribution in [2.75, 3.05) is 0 Å². The average Bonchev–Trinajstić information content (AvgIpc) is 3.30. The van der Waals surface area contributed by atoms with Crippen molar-refractivity contribution in [1.82, 2.24) is 19.7 Å². The molecule has 0 saturated carbocycles. The molecule has 0 spiro atoms.